The van der Waals surface area contributed by atoms with E-state index in [2.05, 4.69) is 15.9 Å². The van der Waals surface area contributed by atoms with E-state index in [1.807, 2.05) is 6.92 Å². The molecule has 0 aliphatic carbocycles. The molecule has 18 heavy (non-hydrogen) atoms. The molecule has 1 rings (SSSR count). The van der Waals surface area contributed by atoms with Crippen molar-refractivity contribution in [2.75, 3.05) is 13.6 Å². The van der Waals surface area contributed by atoms with Crippen LogP contribution in [0, 0.1) is 6.92 Å². The quantitative estimate of drug-likeness (QED) is 0.917. The third-order valence-electron chi connectivity index (χ3n) is 2.39. The zero-order valence-corrected chi connectivity index (χ0v) is 13.3. The van der Waals surface area contributed by atoms with Gasteiger partial charge in [0.1, 0.15) is 0 Å². The van der Waals surface area contributed by atoms with Crippen molar-refractivity contribution in [2.24, 2.45) is 0 Å². The highest BCUT2D eigenvalue weighted by Crippen LogP contribution is 2.26. The minimum Gasteiger partial charge on any atom is -0.389 e. The van der Waals surface area contributed by atoms with E-state index < -0.39 is 15.6 Å². The Morgan fingerprint density at radius 3 is 2.39 bits per heavy atom. The maximum Gasteiger partial charge on any atom is 0.244 e. The molecule has 1 N–H and O–H groups in total. The number of hydrogen-bond acceptors (Lipinski definition) is 3. The molecule has 0 amide bonds. The summed E-state index contributed by atoms with van der Waals surface area (Å²) < 4.78 is 26.3. The largest absolute Gasteiger partial charge is 0.389 e. The first-order valence-corrected chi connectivity index (χ1v) is 7.72. The van der Waals surface area contributed by atoms with Crippen molar-refractivity contribution in [3.05, 3.63) is 28.2 Å². The second-order valence-electron chi connectivity index (χ2n) is 5.01. The summed E-state index contributed by atoms with van der Waals surface area (Å²) in [7, 11) is -2.14. The van der Waals surface area contributed by atoms with Crippen LogP contribution in [0.3, 0.4) is 0 Å². The van der Waals surface area contributed by atoms with Crippen LogP contribution in [0.2, 0.25) is 0 Å². The molecule has 0 radical (unpaired) electrons. The number of rotatable bonds is 4. The highest BCUT2D eigenvalue weighted by atomic mass is 79.9. The first kappa shape index (κ1) is 15.6. The molecule has 1 aromatic rings. The van der Waals surface area contributed by atoms with Crippen LogP contribution in [-0.4, -0.2) is 37.0 Å². The topological polar surface area (TPSA) is 57.6 Å². The third-order valence-corrected chi connectivity index (χ3v) is 5.17. The number of nitrogens with zero attached hydrogens (tertiary/aromatic N) is 1. The summed E-state index contributed by atoms with van der Waals surface area (Å²) in [6.45, 7) is 5.07. The van der Waals surface area contributed by atoms with Gasteiger partial charge in [-0.15, -0.1) is 0 Å². The summed E-state index contributed by atoms with van der Waals surface area (Å²) >= 11 is 3.26. The second kappa shape index (κ2) is 5.28. The van der Waals surface area contributed by atoms with Crippen molar-refractivity contribution in [1.29, 1.82) is 0 Å². The van der Waals surface area contributed by atoms with Crippen LogP contribution >= 0.6 is 15.9 Å². The summed E-state index contributed by atoms with van der Waals surface area (Å²) in [6.07, 6.45) is 0. The summed E-state index contributed by atoms with van der Waals surface area (Å²) in [4.78, 5) is 0.208. The fourth-order valence-corrected chi connectivity index (χ4v) is 4.09. The Balaban J connectivity index is 3.14. The molecule has 0 aliphatic rings. The fraction of sp³-hybridized carbons (Fsp3) is 0.500. The summed E-state index contributed by atoms with van der Waals surface area (Å²) in [5.74, 6) is 0. The smallest absolute Gasteiger partial charge is 0.244 e. The molecule has 0 spiro atoms. The van der Waals surface area contributed by atoms with Crippen LogP contribution in [0.5, 0.6) is 0 Å². The first-order chi connectivity index (χ1) is 8.04. The normalized spacial score (nSPS) is 13.1. The standard InChI is InChI=1S/C12H18BrNO3S/c1-9-5-6-11(10(13)7-9)18(16,17)14(4)8-12(2,3)15/h5-7,15H,8H2,1-4H3. The molecule has 4 nitrogen and oxygen atoms in total. The van der Waals surface area contributed by atoms with Crippen LogP contribution in [0.4, 0.5) is 0 Å². The molecule has 0 aliphatic heterocycles. The highest BCUT2D eigenvalue weighted by molar-refractivity contribution is 9.10. The van der Waals surface area contributed by atoms with Gasteiger partial charge in [-0.1, -0.05) is 6.07 Å². The lowest BCUT2D eigenvalue weighted by atomic mass is 10.1. The molecule has 0 atom stereocenters. The summed E-state index contributed by atoms with van der Waals surface area (Å²) in [6, 6.07) is 5.07. The van der Waals surface area contributed by atoms with Crippen LogP contribution in [0.1, 0.15) is 19.4 Å². The molecule has 1 aromatic carbocycles. The Bertz CT molecular complexity index is 535. The minimum absolute atomic E-state index is 0.0374. The Kier molecular flexibility index (Phi) is 4.59. The monoisotopic (exact) mass is 335 g/mol. The molecule has 0 saturated carbocycles. The van der Waals surface area contributed by atoms with Crippen LogP contribution in [-0.2, 0) is 10.0 Å². The molecule has 0 heterocycles. The molecule has 0 bridgehead atoms. The van der Waals surface area contributed by atoms with E-state index in [4.69, 9.17) is 0 Å². The van der Waals surface area contributed by atoms with Crippen LogP contribution in [0.25, 0.3) is 0 Å². The van der Waals surface area contributed by atoms with Gasteiger partial charge in [-0.05, 0) is 54.4 Å². The Morgan fingerprint density at radius 1 is 1.39 bits per heavy atom. The van der Waals surface area contributed by atoms with Crippen molar-refractivity contribution in [3.8, 4) is 0 Å². The van der Waals surface area contributed by atoms with Gasteiger partial charge in [0.15, 0.2) is 0 Å². The molecular formula is C12H18BrNO3S. The fourth-order valence-electron chi connectivity index (χ4n) is 1.61. The molecule has 0 unspecified atom stereocenters. The van der Waals surface area contributed by atoms with Gasteiger partial charge in [-0.2, -0.15) is 4.31 Å². The van der Waals surface area contributed by atoms with Gasteiger partial charge in [0.05, 0.1) is 10.5 Å². The predicted octanol–water partition coefficient (Wildman–Crippen LogP) is 2.15. The molecule has 0 saturated heterocycles. The first-order valence-electron chi connectivity index (χ1n) is 5.49. The van der Waals surface area contributed by atoms with Gasteiger partial charge in [0.2, 0.25) is 10.0 Å². The average molecular weight is 336 g/mol. The van der Waals surface area contributed by atoms with E-state index in [1.54, 1.807) is 32.0 Å². The molecular weight excluding hydrogens is 318 g/mol. The van der Waals surface area contributed by atoms with E-state index in [9.17, 15) is 13.5 Å². The molecule has 0 aromatic heterocycles. The van der Waals surface area contributed by atoms with Gasteiger partial charge in [-0.25, -0.2) is 8.42 Å². The Labute approximate surface area is 117 Å². The lowest BCUT2D eigenvalue weighted by Crippen LogP contribution is -2.39. The van der Waals surface area contributed by atoms with E-state index in [0.717, 1.165) is 9.87 Å². The Hall–Kier alpha value is -0.430. The SMILES string of the molecule is Cc1ccc(S(=O)(=O)N(C)CC(C)(C)O)c(Br)c1. The van der Waals surface area contributed by atoms with Gasteiger partial charge in [0.25, 0.3) is 0 Å². The molecule has 102 valence electrons. The van der Waals surface area contributed by atoms with Gasteiger partial charge in [0, 0.05) is 18.1 Å². The number of aliphatic hydroxyl groups is 1. The van der Waals surface area contributed by atoms with Crippen LogP contribution < -0.4 is 0 Å². The van der Waals surface area contributed by atoms with E-state index in [0.29, 0.717) is 4.47 Å². The van der Waals surface area contributed by atoms with Crippen molar-refractivity contribution in [1.82, 2.24) is 4.31 Å². The van der Waals surface area contributed by atoms with Gasteiger partial charge in [-0.3, -0.25) is 0 Å². The molecule has 0 fully saturated rings. The van der Waals surface area contributed by atoms with E-state index in [1.165, 1.54) is 7.05 Å². The number of halogens is 1. The number of likely N-dealkylation sites (N-methyl/N-ethyl adjacent to an activating group) is 1. The number of sulfonamides is 1. The zero-order valence-electron chi connectivity index (χ0n) is 10.9. The van der Waals surface area contributed by atoms with E-state index >= 15 is 0 Å². The molecule has 6 heteroatoms. The number of benzene rings is 1. The minimum atomic E-state index is -3.59. The lowest BCUT2D eigenvalue weighted by Gasteiger charge is -2.25. The average Bonchev–Trinajstić information content (AvgIpc) is 2.13. The zero-order chi connectivity index (χ0) is 14.1. The lowest BCUT2D eigenvalue weighted by molar-refractivity contribution is 0.0640. The van der Waals surface area contributed by atoms with E-state index in [-0.39, 0.29) is 11.4 Å². The highest BCUT2D eigenvalue weighted by Gasteiger charge is 2.27. The number of hydrogen-bond donors (Lipinski definition) is 1. The maximum atomic E-state index is 12.3. The number of aryl methyl sites for hydroxylation is 1. The van der Waals surface area contributed by atoms with Crippen molar-refractivity contribution in [2.45, 2.75) is 31.3 Å². The van der Waals surface area contributed by atoms with Gasteiger partial charge < -0.3 is 5.11 Å². The maximum absolute atomic E-state index is 12.3. The van der Waals surface area contributed by atoms with Crippen LogP contribution in [0.15, 0.2) is 27.6 Å². The van der Waals surface area contributed by atoms with Crippen molar-refractivity contribution in [3.63, 3.8) is 0 Å². The Morgan fingerprint density at radius 2 is 1.94 bits per heavy atom. The van der Waals surface area contributed by atoms with Crippen molar-refractivity contribution < 1.29 is 13.5 Å². The van der Waals surface area contributed by atoms with Gasteiger partial charge >= 0.3 is 0 Å². The summed E-state index contributed by atoms with van der Waals surface area (Å²) in [5.41, 5.74) is -0.0927. The predicted molar refractivity (Wildman–Crippen MR) is 75.0 cm³/mol. The third kappa shape index (κ3) is 3.78. The second-order valence-corrected chi connectivity index (χ2v) is 7.88. The van der Waals surface area contributed by atoms with Crippen molar-refractivity contribution >= 4 is 26.0 Å². The summed E-state index contributed by atoms with van der Waals surface area (Å²) in [5, 5.41) is 9.69.